The van der Waals surface area contributed by atoms with E-state index in [1.807, 2.05) is 43.3 Å². The fourth-order valence-electron chi connectivity index (χ4n) is 3.36. The number of likely N-dealkylation sites (N-methyl/N-ethyl adjacent to an activating group) is 1. The average molecular weight is 446 g/mol. The molecule has 168 valence electrons. The van der Waals surface area contributed by atoms with E-state index in [0.29, 0.717) is 18.7 Å². The molecule has 0 bridgehead atoms. The summed E-state index contributed by atoms with van der Waals surface area (Å²) in [5, 5.41) is 2.59. The van der Waals surface area contributed by atoms with Crippen LogP contribution in [0.1, 0.15) is 30.9 Å². The zero-order chi connectivity index (χ0) is 23.0. The monoisotopic (exact) mass is 445 g/mol. The number of hydrogen-bond donors (Lipinski definition) is 1. The van der Waals surface area contributed by atoms with Gasteiger partial charge in [-0.05, 0) is 43.5 Å². The fraction of sp³-hybridized carbons (Fsp3) is 0.391. The molecule has 7 nitrogen and oxygen atoms in total. The Kier molecular flexibility index (Phi) is 8.62. The molecular formula is C23H31N3O4S. The molecule has 2 rings (SSSR count). The molecule has 0 fully saturated rings. The molecule has 1 unspecified atom stereocenters. The van der Waals surface area contributed by atoms with Crippen LogP contribution in [0.2, 0.25) is 0 Å². The normalized spacial score (nSPS) is 12.1. The minimum Gasteiger partial charge on any atom is -0.357 e. The summed E-state index contributed by atoms with van der Waals surface area (Å²) < 4.78 is 25.9. The molecule has 2 aromatic carbocycles. The summed E-state index contributed by atoms with van der Waals surface area (Å²) in [5.74, 6) is -0.445. The highest BCUT2D eigenvalue weighted by Crippen LogP contribution is 2.20. The number of carbonyl (C=O) groups is 2. The van der Waals surface area contributed by atoms with E-state index in [4.69, 9.17) is 0 Å². The summed E-state index contributed by atoms with van der Waals surface area (Å²) in [6, 6.07) is 16.1. The van der Waals surface area contributed by atoms with Crippen LogP contribution >= 0.6 is 0 Å². The third-order valence-electron chi connectivity index (χ3n) is 5.05. The molecule has 0 heterocycles. The largest absolute Gasteiger partial charge is 0.357 e. The number of nitrogens with one attached hydrogen (secondary N) is 1. The van der Waals surface area contributed by atoms with Crippen LogP contribution < -0.4 is 9.62 Å². The van der Waals surface area contributed by atoms with Gasteiger partial charge in [0.2, 0.25) is 21.8 Å². The van der Waals surface area contributed by atoms with Crippen molar-refractivity contribution in [2.24, 2.45) is 0 Å². The number of hydrogen-bond acceptors (Lipinski definition) is 4. The lowest BCUT2D eigenvalue weighted by molar-refractivity contribution is -0.140. The van der Waals surface area contributed by atoms with Gasteiger partial charge in [0, 0.05) is 26.6 Å². The first-order valence-electron chi connectivity index (χ1n) is 10.2. The fourth-order valence-corrected chi connectivity index (χ4v) is 4.32. The first-order valence-corrected chi connectivity index (χ1v) is 12.1. The van der Waals surface area contributed by atoms with Crippen molar-refractivity contribution in [2.75, 3.05) is 24.2 Å². The van der Waals surface area contributed by atoms with E-state index < -0.39 is 16.1 Å². The van der Waals surface area contributed by atoms with E-state index in [1.165, 1.54) is 16.3 Å². The summed E-state index contributed by atoms with van der Waals surface area (Å²) in [5.41, 5.74) is 2.45. The Balaban J connectivity index is 2.12. The SMILES string of the molecule is CNC(=O)C(C)N(Cc1ccccc1)C(=O)CCCN(c1cccc(C)c1)S(C)(=O)=O. The van der Waals surface area contributed by atoms with Crippen molar-refractivity contribution < 1.29 is 18.0 Å². The first kappa shape index (κ1) is 24.4. The molecule has 31 heavy (non-hydrogen) atoms. The number of nitrogens with zero attached hydrogens (tertiary/aromatic N) is 2. The zero-order valence-electron chi connectivity index (χ0n) is 18.5. The maximum Gasteiger partial charge on any atom is 0.242 e. The molecular weight excluding hydrogens is 414 g/mol. The number of amides is 2. The van der Waals surface area contributed by atoms with Crippen LogP contribution in [0.3, 0.4) is 0 Å². The van der Waals surface area contributed by atoms with Gasteiger partial charge in [0.05, 0.1) is 11.9 Å². The molecule has 0 aliphatic carbocycles. The van der Waals surface area contributed by atoms with Gasteiger partial charge < -0.3 is 10.2 Å². The molecule has 0 spiro atoms. The Labute approximate surface area is 185 Å². The van der Waals surface area contributed by atoms with Crippen molar-refractivity contribution in [2.45, 2.75) is 39.3 Å². The van der Waals surface area contributed by atoms with Crippen molar-refractivity contribution in [3.8, 4) is 0 Å². The van der Waals surface area contributed by atoms with Gasteiger partial charge >= 0.3 is 0 Å². The number of rotatable bonds is 10. The maximum atomic E-state index is 13.0. The van der Waals surface area contributed by atoms with E-state index in [0.717, 1.165) is 17.4 Å². The number of anilines is 1. The van der Waals surface area contributed by atoms with Gasteiger partial charge in [-0.3, -0.25) is 13.9 Å². The highest BCUT2D eigenvalue weighted by atomic mass is 32.2. The van der Waals surface area contributed by atoms with Crippen molar-refractivity contribution in [3.05, 3.63) is 65.7 Å². The Morgan fingerprint density at radius 3 is 2.32 bits per heavy atom. The van der Waals surface area contributed by atoms with Gasteiger partial charge in [-0.15, -0.1) is 0 Å². The van der Waals surface area contributed by atoms with Crippen LogP contribution in [0.25, 0.3) is 0 Å². The Morgan fingerprint density at radius 1 is 1.06 bits per heavy atom. The maximum absolute atomic E-state index is 13.0. The minimum absolute atomic E-state index is 0.131. The molecule has 0 aromatic heterocycles. The topological polar surface area (TPSA) is 86.8 Å². The number of aryl methyl sites for hydroxylation is 1. The highest BCUT2D eigenvalue weighted by molar-refractivity contribution is 7.92. The van der Waals surface area contributed by atoms with Crippen LogP contribution in [0, 0.1) is 6.92 Å². The van der Waals surface area contributed by atoms with Crippen molar-refractivity contribution in [1.29, 1.82) is 0 Å². The van der Waals surface area contributed by atoms with E-state index in [1.54, 1.807) is 25.1 Å². The van der Waals surface area contributed by atoms with E-state index >= 15 is 0 Å². The van der Waals surface area contributed by atoms with Crippen LogP contribution in [0.4, 0.5) is 5.69 Å². The number of sulfonamides is 1. The predicted octanol–water partition coefficient (Wildman–Crippen LogP) is 2.70. The van der Waals surface area contributed by atoms with Gasteiger partial charge in [-0.25, -0.2) is 8.42 Å². The van der Waals surface area contributed by atoms with Crippen LogP contribution in [0.5, 0.6) is 0 Å². The summed E-state index contributed by atoms with van der Waals surface area (Å²) in [6.45, 7) is 4.08. The van der Waals surface area contributed by atoms with Crippen molar-refractivity contribution in [1.82, 2.24) is 10.2 Å². The third kappa shape index (κ3) is 7.10. The average Bonchev–Trinajstić information content (AvgIpc) is 2.73. The molecule has 1 atom stereocenters. The summed E-state index contributed by atoms with van der Waals surface area (Å²) in [4.78, 5) is 26.7. The van der Waals surface area contributed by atoms with Crippen LogP contribution in [0.15, 0.2) is 54.6 Å². The summed E-state index contributed by atoms with van der Waals surface area (Å²) in [7, 11) is -1.95. The first-order chi connectivity index (χ1) is 14.6. The van der Waals surface area contributed by atoms with Crippen molar-refractivity contribution in [3.63, 3.8) is 0 Å². The molecule has 1 N–H and O–H groups in total. The number of benzene rings is 2. The predicted molar refractivity (Wildman–Crippen MR) is 123 cm³/mol. The molecule has 2 aromatic rings. The molecule has 0 aliphatic rings. The Bertz CT molecular complexity index is 993. The summed E-state index contributed by atoms with van der Waals surface area (Å²) in [6.07, 6.45) is 1.63. The van der Waals surface area contributed by atoms with Gasteiger partial charge in [-0.1, -0.05) is 42.5 Å². The second-order valence-corrected chi connectivity index (χ2v) is 9.48. The van der Waals surface area contributed by atoms with Crippen molar-refractivity contribution >= 4 is 27.5 Å². The zero-order valence-corrected chi connectivity index (χ0v) is 19.4. The smallest absolute Gasteiger partial charge is 0.242 e. The molecule has 8 heteroatoms. The Hall–Kier alpha value is -2.87. The Morgan fingerprint density at radius 2 is 1.74 bits per heavy atom. The summed E-state index contributed by atoms with van der Waals surface area (Å²) >= 11 is 0. The highest BCUT2D eigenvalue weighted by Gasteiger charge is 2.26. The molecule has 0 radical (unpaired) electrons. The standard InChI is InChI=1S/C23H31N3O4S/c1-18-10-8-13-21(16-18)26(31(4,29)30)15-9-14-22(27)25(19(2)23(28)24-3)17-20-11-6-5-7-12-20/h5-8,10-13,16,19H,9,14-15,17H2,1-4H3,(H,24,28). The molecule has 0 aliphatic heterocycles. The van der Waals surface area contributed by atoms with Gasteiger partial charge in [-0.2, -0.15) is 0 Å². The lowest BCUT2D eigenvalue weighted by Gasteiger charge is -2.29. The van der Waals surface area contributed by atoms with Gasteiger partial charge in [0.15, 0.2) is 0 Å². The van der Waals surface area contributed by atoms with Gasteiger partial charge in [0.1, 0.15) is 6.04 Å². The lowest BCUT2D eigenvalue weighted by Crippen LogP contribution is -2.46. The van der Waals surface area contributed by atoms with E-state index in [-0.39, 0.29) is 24.8 Å². The molecule has 0 saturated heterocycles. The van der Waals surface area contributed by atoms with E-state index in [9.17, 15) is 18.0 Å². The van der Waals surface area contributed by atoms with Gasteiger partial charge in [0.25, 0.3) is 0 Å². The third-order valence-corrected chi connectivity index (χ3v) is 6.25. The van der Waals surface area contributed by atoms with Crippen LogP contribution in [-0.4, -0.2) is 51.0 Å². The second-order valence-electron chi connectivity index (χ2n) is 7.58. The van der Waals surface area contributed by atoms with Crippen LogP contribution in [-0.2, 0) is 26.2 Å². The minimum atomic E-state index is -3.49. The lowest BCUT2D eigenvalue weighted by atomic mass is 10.1. The van der Waals surface area contributed by atoms with E-state index in [2.05, 4.69) is 5.32 Å². The molecule has 0 saturated carbocycles. The second kappa shape index (κ2) is 10.9. The number of carbonyl (C=O) groups excluding carboxylic acids is 2. The quantitative estimate of drug-likeness (QED) is 0.609. The molecule has 2 amide bonds.